The predicted molar refractivity (Wildman–Crippen MR) is 138 cm³/mol. The van der Waals surface area contributed by atoms with E-state index in [1.165, 1.54) is 10.5 Å². The van der Waals surface area contributed by atoms with Crippen molar-refractivity contribution in [2.24, 2.45) is 5.92 Å². The minimum absolute atomic E-state index is 0.000734. The van der Waals surface area contributed by atoms with E-state index in [9.17, 15) is 14.4 Å². The first-order chi connectivity index (χ1) is 17.0. The molecule has 2 heterocycles. The Kier molecular flexibility index (Phi) is 7.46. The Morgan fingerprint density at radius 2 is 1.78 bits per heavy atom. The van der Waals surface area contributed by atoms with Crippen molar-refractivity contribution in [3.63, 3.8) is 0 Å². The Morgan fingerprint density at radius 1 is 1.11 bits per heavy atom. The highest BCUT2D eigenvalue weighted by Gasteiger charge is 2.40. The largest absolute Gasteiger partial charge is 0.463 e. The molecule has 3 amide bonds. The van der Waals surface area contributed by atoms with Gasteiger partial charge in [-0.15, -0.1) is 0 Å². The number of benzene rings is 1. The number of likely N-dealkylation sites (N-methyl/N-ethyl adjacent to an activating group) is 1. The molecule has 1 N–H and O–H groups in total. The lowest BCUT2D eigenvalue weighted by atomic mass is 9.85. The number of amides is 3. The smallest absolute Gasteiger partial charge is 0.338 e. The molecular formula is C28H40N4O4. The molecule has 4 rings (SSSR count). The average molecular weight is 497 g/mol. The van der Waals surface area contributed by atoms with Crippen LogP contribution in [0.4, 0.5) is 4.79 Å². The van der Waals surface area contributed by atoms with Crippen molar-refractivity contribution in [2.75, 3.05) is 39.8 Å². The van der Waals surface area contributed by atoms with Gasteiger partial charge in [-0.1, -0.05) is 45.0 Å². The van der Waals surface area contributed by atoms with Crippen LogP contribution in [0.15, 0.2) is 35.5 Å². The topological polar surface area (TPSA) is 82.2 Å². The number of rotatable bonds is 6. The van der Waals surface area contributed by atoms with Gasteiger partial charge < -0.3 is 15.0 Å². The molecule has 0 spiro atoms. The lowest BCUT2D eigenvalue weighted by Crippen LogP contribution is -2.56. The van der Waals surface area contributed by atoms with Crippen LogP contribution in [0.2, 0.25) is 0 Å². The van der Waals surface area contributed by atoms with E-state index in [1.54, 1.807) is 14.0 Å². The van der Waals surface area contributed by atoms with Gasteiger partial charge in [0, 0.05) is 50.9 Å². The molecule has 0 bridgehead atoms. The van der Waals surface area contributed by atoms with Crippen molar-refractivity contribution in [2.45, 2.75) is 65.0 Å². The zero-order valence-corrected chi connectivity index (χ0v) is 22.5. The maximum Gasteiger partial charge on any atom is 0.338 e. The third-order valence-corrected chi connectivity index (χ3v) is 7.48. The van der Waals surface area contributed by atoms with Crippen LogP contribution in [-0.2, 0) is 19.7 Å². The van der Waals surface area contributed by atoms with E-state index in [1.807, 2.05) is 17.0 Å². The van der Waals surface area contributed by atoms with Crippen molar-refractivity contribution in [1.29, 1.82) is 0 Å². The van der Waals surface area contributed by atoms with Crippen molar-refractivity contribution in [1.82, 2.24) is 20.0 Å². The molecule has 1 aromatic rings. The number of ether oxygens (including phenoxy) is 1. The number of nitrogens with zero attached hydrogens (tertiary/aromatic N) is 3. The highest BCUT2D eigenvalue weighted by atomic mass is 16.5. The molecule has 8 nitrogen and oxygen atoms in total. The second kappa shape index (κ2) is 10.2. The summed E-state index contributed by atoms with van der Waals surface area (Å²) in [5.41, 5.74) is 3.14. The molecule has 2 fully saturated rings. The summed E-state index contributed by atoms with van der Waals surface area (Å²) in [6, 6.07) is 7.32. The van der Waals surface area contributed by atoms with Crippen molar-refractivity contribution < 1.29 is 19.1 Å². The van der Waals surface area contributed by atoms with Crippen LogP contribution >= 0.6 is 0 Å². The molecule has 2 aliphatic heterocycles. The van der Waals surface area contributed by atoms with E-state index in [-0.39, 0.29) is 35.9 Å². The Hall–Kier alpha value is -2.87. The molecule has 1 saturated heterocycles. The Balaban J connectivity index is 1.63. The van der Waals surface area contributed by atoms with Crippen LogP contribution in [0, 0.1) is 5.92 Å². The minimum Gasteiger partial charge on any atom is -0.463 e. The molecule has 36 heavy (non-hydrogen) atoms. The van der Waals surface area contributed by atoms with Crippen molar-refractivity contribution >= 4 is 17.9 Å². The molecule has 2 atom stereocenters. The first-order valence-corrected chi connectivity index (χ1v) is 13.1. The van der Waals surface area contributed by atoms with Crippen LogP contribution in [0.3, 0.4) is 0 Å². The highest BCUT2D eigenvalue weighted by Crippen LogP contribution is 2.34. The van der Waals surface area contributed by atoms with E-state index >= 15 is 0 Å². The van der Waals surface area contributed by atoms with Gasteiger partial charge in [0.15, 0.2) is 0 Å². The predicted octanol–water partition coefficient (Wildman–Crippen LogP) is 3.44. The van der Waals surface area contributed by atoms with E-state index in [0.717, 1.165) is 18.4 Å². The Bertz CT molecular complexity index is 1040. The molecule has 0 aromatic heterocycles. The second-order valence-corrected chi connectivity index (χ2v) is 11.3. The maximum atomic E-state index is 13.3. The second-order valence-electron chi connectivity index (χ2n) is 11.3. The number of piperazine rings is 1. The fourth-order valence-electron chi connectivity index (χ4n) is 5.10. The summed E-state index contributed by atoms with van der Waals surface area (Å²) in [7, 11) is 1.69. The third kappa shape index (κ3) is 5.43. The van der Waals surface area contributed by atoms with Gasteiger partial charge in [-0.25, -0.2) is 9.59 Å². The number of nitrogens with one attached hydrogen (secondary N) is 1. The van der Waals surface area contributed by atoms with Crippen LogP contribution in [0.25, 0.3) is 0 Å². The maximum absolute atomic E-state index is 13.3. The number of urea groups is 1. The quantitative estimate of drug-likeness (QED) is 0.610. The van der Waals surface area contributed by atoms with E-state index < -0.39 is 12.0 Å². The number of carbonyl (C=O) groups is 3. The first-order valence-electron chi connectivity index (χ1n) is 13.1. The third-order valence-electron chi connectivity index (χ3n) is 7.48. The van der Waals surface area contributed by atoms with Gasteiger partial charge in [-0.05, 0) is 43.2 Å². The first kappa shape index (κ1) is 26.2. The number of hydrogen-bond acceptors (Lipinski definition) is 5. The molecule has 0 unspecified atom stereocenters. The Labute approximate surface area is 214 Å². The molecule has 1 saturated carbocycles. The lowest BCUT2D eigenvalue weighted by molar-refractivity contribution is -0.139. The summed E-state index contributed by atoms with van der Waals surface area (Å²) in [4.78, 5) is 44.7. The zero-order valence-electron chi connectivity index (χ0n) is 22.5. The summed E-state index contributed by atoms with van der Waals surface area (Å²) < 4.78 is 5.47. The molecular weight excluding hydrogens is 456 g/mol. The Morgan fingerprint density at radius 3 is 2.33 bits per heavy atom. The molecule has 8 heteroatoms. The summed E-state index contributed by atoms with van der Waals surface area (Å²) in [5.74, 6) is 0.0529. The standard InChI is InChI=1S/C28H40N4O4/c1-7-36-26(34)23-22(17-31-14-15-32(18(2)16-31)25(33)20-8-9-20)30(6)27(35)29-24(23)19-10-12-21(13-11-19)28(3,4)5/h10-13,18,20,24H,7-9,14-17H2,1-6H3,(H,29,35)/t18-,24+/m0/s1. The van der Waals surface area contributed by atoms with Crippen molar-refractivity contribution in [3.05, 3.63) is 46.7 Å². The SMILES string of the molecule is CCOC(=O)C1=C(CN2CCN(C(=O)C3CC3)[C@@H](C)C2)N(C)C(=O)N[C@@H]1c1ccc(C(C)(C)C)cc1. The van der Waals surface area contributed by atoms with Gasteiger partial charge >= 0.3 is 12.0 Å². The number of esters is 1. The van der Waals surface area contributed by atoms with Crippen LogP contribution in [0.1, 0.15) is 64.6 Å². The van der Waals surface area contributed by atoms with E-state index in [4.69, 9.17) is 4.74 Å². The van der Waals surface area contributed by atoms with E-state index in [0.29, 0.717) is 37.4 Å². The zero-order chi connectivity index (χ0) is 26.2. The fourth-order valence-corrected chi connectivity index (χ4v) is 5.10. The fraction of sp³-hybridized carbons (Fsp3) is 0.607. The van der Waals surface area contributed by atoms with Crippen LogP contribution in [0.5, 0.6) is 0 Å². The van der Waals surface area contributed by atoms with Gasteiger partial charge in [0.25, 0.3) is 0 Å². The lowest BCUT2D eigenvalue weighted by Gasteiger charge is -2.42. The monoisotopic (exact) mass is 496 g/mol. The van der Waals surface area contributed by atoms with Gasteiger partial charge in [-0.2, -0.15) is 0 Å². The van der Waals surface area contributed by atoms with Crippen molar-refractivity contribution in [3.8, 4) is 0 Å². The molecule has 1 aromatic carbocycles. The molecule has 0 radical (unpaired) electrons. The molecule has 3 aliphatic rings. The highest BCUT2D eigenvalue weighted by molar-refractivity contribution is 5.95. The van der Waals surface area contributed by atoms with Gasteiger partial charge in [0.2, 0.25) is 5.91 Å². The van der Waals surface area contributed by atoms with Crippen LogP contribution in [-0.4, -0.2) is 78.5 Å². The summed E-state index contributed by atoms with van der Waals surface area (Å²) in [6.45, 7) is 13.1. The summed E-state index contributed by atoms with van der Waals surface area (Å²) in [6.07, 6.45) is 2.00. The number of carbonyl (C=O) groups excluding carboxylic acids is 3. The normalized spacial score (nSPS) is 23.6. The molecule has 196 valence electrons. The van der Waals surface area contributed by atoms with E-state index in [2.05, 4.69) is 50.0 Å². The summed E-state index contributed by atoms with van der Waals surface area (Å²) in [5, 5.41) is 3.00. The van der Waals surface area contributed by atoms with Gasteiger partial charge in [0.05, 0.1) is 18.2 Å². The van der Waals surface area contributed by atoms with Gasteiger partial charge in [0.1, 0.15) is 0 Å². The molecule has 1 aliphatic carbocycles. The summed E-state index contributed by atoms with van der Waals surface area (Å²) >= 11 is 0. The number of hydrogen-bond donors (Lipinski definition) is 1. The average Bonchev–Trinajstić information content (AvgIpc) is 3.67. The minimum atomic E-state index is -0.591. The van der Waals surface area contributed by atoms with Crippen LogP contribution < -0.4 is 5.32 Å². The van der Waals surface area contributed by atoms with Gasteiger partial charge in [-0.3, -0.25) is 14.6 Å².